The molecular weight excluding hydrogens is 445 g/mol. The number of hydrogen-bond donors (Lipinski definition) is 1. The van der Waals surface area contributed by atoms with Crippen LogP contribution in [0.4, 0.5) is 10.1 Å². The molecule has 9 heteroatoms. The summed E-state index contributed by atoms with van der Waals surface area (Å²) in [6.07, 6.45) is 0. The predicted octanol–water partition coefficient (Wildman–Crippen LogP) is 3.02. The lowest BCUT2D eigenvalue weighted by atomic mass is 9.93. The highest BCUT2D eigenvalue weighted by atomic mass is 32.2. The molecule has 0 spiro atoms. The van der Waals surface area contributed by atoms with E-state index in [1.54, 1.807) is 31.2 Å². The monoisotopic (exact) mass is 475 g/mol. The van der Waals surface area contributed by atoms with Crippen molar-refractivity contribution < 1.29 is 22.4 Å². The molecule has 2 amide bonds. The lowest BCUT2D eigenvalue weighted by Gasteiger charge is -2.46. The number of anilines is 1. The first kappa shape index (κ1) is 24.9. The largest absolute Gasteiger partial charge is 0.350 e. The van der Waals surface area contributed by atoms with Crippen molar-refractivity contribution in [2.45, 2.75) is 45.7 Å². The highest BCUT2D eigenvalue weighted by Gasteiger charge is 2.50. The third-order valence-electron chi connectivity index (χ3n) is 5.97. The minimum atomic E-state index is -3.69. The Kier molecular flexibility index (Phi) is 7.23. The van der Waals surface area contributed by atoms with Crippen molar-refractivity contribution in [1.29, 1.82) is 0 Å². The normalized spacial score (nSPS) is 19.7. The van der Waals surface area contributed by atoms with Gasteiger partial charge in [0.15, 0.2) is 0 Å². The molecule has 1 saturated heterocycles. The highest BCUT2D eigenvalue weighted by molar-refractivity contribution is 7.89. The van der Waals surface area contributed by atoms with Crippen LogP contribution >= 0.6 is 0 Å². The number of rotatable bonds is 7. The van der Waals surface area contributed by atoms with Gasteiger partial charge in [-0.25, -0.2) is 12.8 Å². The molecule has 2 aromatic rings. The van der Waals surface area contributed by atoms with E-state index in [0.29, 0.717) is 17.2 Å². The van der Waals surface area contributed by atoms with Gasteiger partial charge in [-0.3, -0.25) is 14.5 Å². The summed E-state index contributed by atoms with van der Waals surface area (Å²) < 4.78 is 39.4. The molecule has 0 radical (unpaired) electrons. The molecule has 0 aromatic heterocycles. The molecule has 1 heterocycles. The second-order valence-corrected chi connectivity index (χ2v) is 11.0. The molecule has 1 aliphatic rings. The smallest absolute Gasteiger partial charge is 0.247 e. The number of benzene rings is 2. The summed E-state index contributed by atoms with van der Waals surface area (Å²) in [7, 11) is -3.69. The predicted molar refractivity (Wildman–Crippen MR) is 126 cm³/mol. The van der Waals surface area contributed by atoms with Crippen LogP contribution in [-0.2, 0) is 26.2 Å². The zero-order chi connectivity index (χ0) is 24.4. The fraction of sp³-hybridized carbons (Fsp3) is 0.417. The van der Waals surface area contributed by atoms with Crippen LogP contribution in [0.1, 0.15) is 44.7 Å². The number of nitrogens with zero attached hydrogens (tertiary/aromatic N) is 2. The van der Waals surface area contributed by atoms with E-state index in [4.69, 9.17) is 0 Å². The average molecular weight is 476 g/mol. The molecule has 7 nitrogen and oxygen atoms in total. The van der Waals surface area contributed by atoms with Crippen LogP contribution in [0.25, 0.3) is 0 Å². The third kappa shape index (κ3) is 5.25. The summed E-state index contributed by atoms with van der Waals surface area (Å²) in [5.41, 5.74) is 0.816. The Morgan fingerprint density at radius 3 is 2.27 bits per heavy atom. The summed E-state index contributed by atoms with van der Waals surface area (Å²) >= 11 is 0. The number of piperazine rings is 1. The van der Waals surface area contributed by atoms with Crippen molar-refractivity contribution >= 4 is 27.5 Å². The van der Waals surface area contributed by atoms with Crippen molar-refractivity contribution in [2.24, 2.45) is 0 Å². The Labute approximate surface area is 194 Å². The van der Waals surface area contributed by atoms with E-state index in [9.17, 15) is 22.4 Å². The van der Waals surface area contributed by atoms with Gasteiger partial charge in [0.25, 0.3) is 0 Å². The molecule has 1 unspecified atom stereocenters. The molecular formula is C24H30FN3O4S. The molecule has 0 saturated carbocycles. The average Bonchev–Trinajstić information content (AvgIpc) is 2.78. The standard InChI is InChI=1S/C24H30FN3O4S/c1-5-33(31,32)27-15-22(29)28(21-12-8-19(9-13-21)17(2)3)24(4,16-27)23(30)26-14-18-6-10-20(25)11-7-18/h6-13,17H,5,14-16H2,1-4H3,(H,26,30). The first-order valence-electron chi connectivity index (χ1n) is 10.9. The minimum absolute atomic E-state index is 0.115. The Hall–Kier alpha value is -2.78. The van der Waals surface area contributed by atoms with Gasteiger partial charge in [0.2, 0.25) is 21.8 Å². The number of carbonyl (C=O) groups is 2. The van der Waals surface area contributed by atoms with E-state index in [1.165, 1.54) is 24.0 Å². The van der Waals surface area contributed by atoms with Crippen LogP contribution < -0.4 is 10.2 Å². The SMILES string of the molecule is CCS(=O)(=O)N1CC(=O)N(c2ccc(C(C)C)cc2)C(C)(C(=O)NCc2ccc(F)cc2)C1. The maximum absolute atomic E-state index is 13.4. The highest BCUT2D eigenvalue weighted by Crippen LogP contribution is 2.32. The lowest BCUT2D eigenvalue weighted by molar-refractivity contribution is -0.133. The molecule has 3 rings (SSSR count). The molecule has 1 fully saturated rings. The Bertz CT molecular complexity index is 1120. The molecule has 2 aromatic carbocycles. The zero-order valence-electron chi connectivity index (χ0n) is 19.3. The van der Waals surface area contributed by atoms with Gasteiger partial charge in [0, 0.05) is 18.8 Å². The van der Waals surface area contributed by atoms with Gasteiger partial charge < -0.3 is 5.32 Å². The quantitative estimate of drug-likeness (QED) is 0.667. The maximum atomic E-state index is 13.4. The summed E-state index contributed by atoms with van der Waals surface area (Å²) in [5, 5.41) is 2.79. The fourth-order valence-electron chi connectivity index (χ4n) is 3.93. The molecule has 1 aliphatic heterocycles. The summed E-state index contributed by atoms with van der Waals surface area (Å²) in [6, 6.07) is 13.1. The second-order valence-electron chi connectivity index (χ2n) is 8.73. The number of hydrogen-bond acceptors (Lipinski definition) is 4. The third-order valence-corrected chi connectivity index (χ3v) is 7.75. The van der Waals surface area contributed by atoms with E-state index in [-0.39, 0.29) is 31.2 Å². The number of carbonyl (C=O) groups excluding carboxylic acids is 2. The van der Waals surface area contributed by atoms with E-state index < -0.39 is 27.4 Å². The number of amides is 2. The topological polar surface area (TPSA) is 86.8 Å². The van der Waals surface area contributed by atoms with Gasteiger partial charge in [-0.05, 0) is 55.2 Å². The van der Waals surface area contributed by atoms with Crippen LogP contribution in [-0.4, -0.2) is 48.9 Å². The Morgan fingerprint density at radius 2 is 1.73 bits per heavy atom. The molecule has 0 bridgehead atoms. The van der Waals surface area contributed by atoms with Gasteiger partial charge >= 0.3 is 0 Å². The molecule has 178 valence electrons. The molecule has 1 N–H and O–H groups in total. The van der Waals surface area contributed by atoms with E-state index >= 15 is 0 Å². The summed E-state index contributed by atoms with van der Waals surface area (Å²) in [5.74, 6) is -1.23. The van der Waals surface area contributed by atoms with Gasteiger partial charge in [-0.1, -0.05) is 38.1 Å². The lowest BCUT2D eigenvalue weighted by Crippen LogP contribution is -2.70. The van der Waals surface area contributed by atoms with Crippen LogP contribution in [0.15, 0.2) is 48.5 Å². The first-order chi connectivity index (χ1) is 15.5. The minimum Gasteiger partial charge on any atom is -0.350 e. The van der Waals surface area contributed by atoms with Crippen LogP contribution in [0.5, 0.6) is 0 Å². The zero-order valence-corrected chi connectivity index (χ0v) is 20.2. The van der Waals surface area contributed by atoms with E-state index in [0.717, 1.165) is 9.87 Å². The van der Waals surface area contributed by atoms with Crippen LogP contribution in [0.3, 0.4) is 0 Å². The van der Waals surface area contributed by atoms with E-state index in [2.05, 4.69) is 19.2 Å². The molecule has 33 heavy (non-hydrogen) atoms. The van der Waals surface area contributed by atoms with Crippen molar-refractivity contribution in [1.82, 2.24) is 9.62 Å². The number of nitrogens with one attached hydrogen (secondary N) is 1. The first-order valence-corrected chi connectivity index (χ1v) is 12.5. The second kappa shape index (κ2) is 9.61. The van der Waals surface area contributed by atoms with Gasteiger partial charge in [0.05, 0.1) is 12.3 Å². The van der Waals surface area contributed by atoms with Gasteiger partial charge in [0.1, 0.15) is 11.4 Å². The Balaban J connectivity index is 1.95. The van der Waals surface area contributed by atoms with Crippen LogP contribution in [0, 0.1) is 5.82 Å². The summed E-state index contributed by atoms with van der Waals surface area (Å²) in [6.45, 7) is 6.80. The van der Waals surface area contributed by atoms with Gasteiger partial charge in [-0.15, -0.1) is 0 Å². The van der Waals surface area contributed by atoms with Crippen molar-refractivity contribution in [3.8, 4) is 0 Å². The fourth-order valence-corrected chi connectivity index (χ4v) is 5.05. The summed E-state index contributed by atoms with van der Waals surface area (Å²) in [4.78, 5) is 28.0. The molecule has 0 aliphatic carbocycles. The van der Waals surface area contributed by atoms with Crippen LogP contribution in [0.2, 0.25) is 0 Å². The molecule has 1 atom stereocenters. The maximum Gasteiger partial charge on any atom is 0.247 e. The Morgan fingerprint density at radius 1 is 1.12 bits per heavy atom. The van der Waals surface area contributed by atoms with E-state index in [1.807, 2.05) is 12.1 Å². The van der Waals surface area contributed by atoms with Crippen molar-refractivity contribution in [3.63, 3.8) is 0 Å². The van der Waals surface area contributed by atoms with Crippen molar-refractivity contribution in [3.05, 3.63) is 65.5 Å². The van der Waals surface area contributed by atoms with Gasteiger partial charge in [-0.2, -0.15) is 4.31 Å². The number of sulfonamides is 1. The number of halogens is 1. The van der Waals surface area contributed by atoms with Crippen molar-refractivity contribution in [2.75, 3.05) is 23.7 Å².